The van der Waals surface area contributed by atoms with E-state index in [0.717, 1.165) is 56.1 Å². The number of aryl methyl sites for hydroxylation is 1. The van der Waals surface area contributed by atoms with Gasteiger partial charge in [-0.05, 0) is 26.0 Å². The topological polar surface area (TPSA) is 104 Å². The summed E-state index contributed by atoms with van der Waals surface area (Å²) in [6.45, 7) is 6.21. The number of piperidine rings is 1. The summed E-state index contributed by atoms with van der Waals surface area (Å²) in [4.78, 5) is 12.9. The van der Waals surface area contributed by atoms with Crippen molar-refractivity contribution in [3.63, 3.8) is 0 Å². The van der Waals surface area contributed by atoms with Gasteiger partial charge in [0.15, 0.2) is 12.1 Å². The minimum absolute atomic E-state index is 0.126. The molecule has 0 spiro atoms. The molecule has 0 radical (unpaired) electrons. The van der Waals surface area contributed by atoms with Crippen molar-refractivity contribution in [2.75, 3.05) is 25.0 Å². The minimum Gasteiger partial charge on any atom is -0.508 e. The first-order valence-electron chi connectivity index (χ1n) is 9.98. The molecule has 4 rings (SSSR count). The quantitative estimate of drug-likeness (QED) is 0.466. The number of benzene rings is 1. The number of rotatable bonds is 4. The second-order valence-electron chi connectivity index (χ2n) is 8.11. The summed E-state index contributed by atoms with van der Waals surface area (Å²) >= 11 is 0. The van der Waals surface area contributed by atoms with Gasteiger partial charge in [0.05, 0.1) is 30.9 Å². The number of phenols is 1. The molecule has 2 aromatic rings. The Morgan fingerprint density at radius 2 is 2.14 bits per heavy atom. The maximum atomic E-state index is 14.7. The largest absolute Gasteiger partial charge is 0.508 e. The van der Waals surface area contributed by atoms with E-state index in [9.17, 15) is 14.3 Å². The Morgan fingerprint density at radius 1 is 1.41 bits per heavy atom. The first-order chi connectivity index (χ1) is 13.9. The van der Waals surface area contributed by atoms with Crippen molar-refractivity contribution in [3.8, 4) is 5.75 Å². The van der Waals surface area contributed by atoms with Crippen molar-refractivity contribution in [2.24, 2.45) is 5.73 Å². The van der Waals surface area contributed by atoms with Crippen LogP contribution in [0.5, 0.6) is 5.75 Å². The molecule has 0 aliphatic carbocycles. The fourth-order valence-electron chi connectivity index (χ4n) is 4.94. The van der Waals surface area contributed by atoms with Crippen molar-refractivity contribution >= 4 is 17.8 Å². The number of carbonyl (C=O) groups is 1. The summed E-state index contributed by atoms with van der Waals surface area (Å²) < 4.78 is 15.2. The van der Waals surface area contributed by atoms with Crippen LogP contribution in [0.1, 0.15) is 36.6 Å². The lowest BCUT2D eigenvalue weighted by Gasteiger charge is -2.53. The molecule has 1 fully saturated rings. The van der Waals surface area contributed by atoms with Gasteiger partial charge in [-0.3, -0.25) is 9.89 Å². The summed E-state index contributed by atoms with van der Waals surface area (Å²) in [5.74, 6) is -0.189. The van der Waals surface area contributed by atoms with E-state index in [-0.39, 0.29) is 17.4 Å². The van der Waals surface area contributed by atoms with Gasteiger partial charge >= 0.3 is 0 Å². The lowest BCUT2D eigenvalue weighted by Crippen LogP contribution is -2.67. The Balaban J connectivity index is 1.95. The van der Waals surface area contributed by atoms with Crippen molar-refractivity contribution in [1.82, 2.24) is 10.2 Å². The number of aromatic hydroxyl groups is 1. The van der Waals surface area contributed by atoms with Gasteiger partial charge in [-0.25, -0.2) is 4.39 Å². The number of aldehydes is 1. The number of H-pyrrole nitrogens is 1. The second-order valence-corrected chi connectivity index (χ2v) is 8.11. The van der Waals surface area contributed by atoms with Gasteiger partial charge in [0.1, 0.15) is 11.6 Å². The van der Waals surface area contributed by atoms with Crippen LogP contribution in [0.2, 0.25) is 0 Å². The van der Waals surface area contributed by atoms with Crippen LogP contribution in [0.15, 0.2) is 24.3 Å². The van der Waals surface area contributed by atoms with Gasteiger partial charge in [0, 0.05) is 42.3 Å². The molecule has 0 amide bonds. The van der Waals surface area contributed by atoms with Gasteiger partial charge in [-0.1, -0.05) is 0 Å². The molecular weight excluding hydrogens is 373 g/mol. The molecule has 0 bridgehead atoms. The van der Waals surface area contributed by atoms with Crippen LogP contribution >= 0.6 is 0 Å². The summed E-state index contributed by atoms with van der Waals surface area (Å²) in [6.07, 6.45) is 4.45. The molecule has 5 N–H and O–H groups in total. The fourth-order valence-corrected chi connectivity index (χ4v) is 4.94. The number of nitrogens with zero attached hydrogens (tertiary/aromatic N) is 2. The molecule has 0 saturated carbocycles. The number of aromatic nitrogens is 2. The van der Waals surface area contributed by atoms with E-state index in [1.807, 2.05) is 13.0 Å². The van der Waals surface area contributed by atoms with Crippen molar-refractivity contribution in [3.05, 3.63) is 46.9 Å². The minimum atomic E-state index is -1.01. The zero-order valence-corrected chi connectivity index (χ0v) is 16.7. The van der Waals surface area contributed by atoms with Crippen LogP contribution in [0, 0.1) is 12.7 Å². The van der Waals surface area contributed by atoms with Crippen LogP contribution < -0.4 is 11.1 Å². The fraction of sp³-hybridized carbons (Fsp3) is 0.429. The lowest BCUT2D eigenvalue weighted by molar-refractivity contribution is -0.968. The SMILES string of the molecule is CC[N+]1(C2(C=O)C=C(c3ccc(O)cc3F)Nc3n[nH]c(C)c32)CCC(N)CC1. The van der Waals surface area contributed by atoms with E-state index >= 15 is 0 Å². The Kier molecular flexibility index (Phi) is 4.71. The molecule has 1 saturated heterocycles. The number of hydrogen-bond donors (Lipinski definition) is 4. The first kappa shape index (κ1) is 19.6. The molecule has 8 heteroatoms. The highest BCUT2D eigenvalue weighted by Crippen LogP contribution is 2.47. The van der Waals surface area contributed by atoms with E-state index < -0.39 is 11.4 Å². The standard InChI is InChI=1S/C21H26FN5O2/c1-3-27(8-6-14(23)7-9-27)21(12-28)11-18(16-5-4-15(29)10-17(16)22)24-20-19(21)13(2)25-26-20/h4-5,10-12,14H,3,6-9,23H2,1-2H3,(H2-,24,25,26,29)/p+1. The number of anilines is 1. The summed E-state index contributed by atoms with van der Waals surface area (Å²) in [5.41, 5.74) is 7.51. The third kappa shape index (κ3) is 2.86. The number of quaternary nitrogens is 1. The number of likely N-dealkylation sites (tertiary alicyclic amines) is 1. The predicted molar refractivity (Wildman–Crippen MR) is 108 cm³/mol. The number of nitrogens with two attached hydrogens (primary N) is 1. The normalized spacial score (nSPS) is 29.0. The molecule has 154 valence electrons. The molecule has 3 heterocycles. The van der Waals surface area contributed by atoms with E-state index in [4.69, 9.17) is 5.73 Å². The van der Waals surface area contributed by atoms with Crippen LogP contribution in [-0.2, 0) is 10.3 Å². The average Bonchev–Trinajstić information content (AvgIpc) is 3.09. The number of nitrogens with one attached hydrogen (secondary N) is 2. The molecule has 1 atom stereocenters. The Bertz CT molecular complexity index is 977. The summed E-state index contributed by atoms with van der Waals surface area (Å²) in [7, 11) is 0. The molecule has 7 nitrogen and oxygen atoms in total. The van der Waals surface area contributed by atoms with Gasteiger partial charge in [-0.15, -0.1) is 0 Å². The zero-order chi connectivity index (χ0) is 20.8. The van der Waals surface area contributed by atoms with Crippen molar-refractivity contribution < 1.29 is 18.8 Å². The number of halogens is 1. The molecule has 1 unspecified atom stereocenters. The van der Waals surface area contributed by atoms with Gasteiger partial charge in [0.25, 0.3) is 0 Å². The van der Waals surface area contributed by atoms with Gasteiger partial charge < -0.3 is 20.6 Å². The molecule has 1 aromatic heterocycles. The van der Waals surface area contributed by atoms with E-state index in [1.54, 1.807) is 0 Å². The predicted octanol–water partition coefficient (Wildman–Crippen LogP) is 2.38. The smallest absolute Gasteiger partial charge is 0.207 e. The first-order valence-corrected chi connectivity index (χ1v) is 9.98. The lowest BCUT2D eigenvalue weighted by atomic mass is 9.80. The highest BCUT2D eigenvalue weighted by Gasteiger charge is 2.56. The number of aromatic amines is 1. The monoisotopic (exact) mass is 400 g/mol. The Morgan fingerprint density at radius 3 is 2.76 bits per heavy atom. The number of likely N-dealkylation sites (N-methyl/N-ethyl adjacent to an activating group) is 1. The van der Waals surface area contributed by atoms with Crippen molar-refractivity contribution in [1.29, 1.82) is 0 Å². The molecule has 2 aliphatic rings. The van der Waals surface area contributed by atoms with Gasteiger partial charge in [0.2, 0.25) is 5.54 Å². The highest BCUT2D eigenvalue weighted by atomic mass is 19.1. The molecule has 1 aromatic carbocycles. The van der Waals surface area contributed by atoms with E-state index in [0.29, 0.717) is 16.0 Å². The Labute approximate surface area is 169 Å². The number of carbonyl (C=O) groups excluding carboxylic acids is 1. The third-order valence-corrected chi connectivity index (χ3v) is 6.63. The van der Waals surface area contributed by atoms with Gasteiger partial charge in [-0.2, -0.15) is 5.10 Å². The number of fused-ring (bicyclic) bond motifs is 1. The molecule has 29 heavy (non-hydrogen) atoms. The molecule has 2 aliphatic heterocycles. The number of phenolic OH excluding ortho intramolecular Hbond substituents is 1. The van der Waals surface area contributed by atoms with Crippen molar-refractivity contribution in [2.45, 2.75) is 38.3 Å². The van der Waals surface area contributed by atoms with Crippen LogP contribution in [-0.4, -0.2) is 51.7 Å². The second kappa shape index (κ2) is 6.96. The maximum Gasteiger partial charge on any atom is 0.207 e. The Hall–Kier alpha value is -2.71. The van der Waals surface area contributed by atoms with Crippen LogP contribution in [0.4, 0.5) is 10.2 Å². The highest BCUT2D eigenvalue weighted by molar-refractivity contribution is 5.88. The third-order valence-electron chi connectivity index (χ3n) is 6.63. The van der Waals surface area contributed by atoms with E-state index in [2.05, 4.69) is 22.4 Å². The van der Waals surface area contributed by atoms with E-state index in [1.165, 1.54) is 12.1 Å². The summed E-state index contributed by atoms with van der Waals surface area (Å²) in [6, 6.07) is 4.13. The molecular formula is C21H27FN5O2+. The average molecular weight is 400 g/mol. The van der Waals surface area contributed by atoms with Crippen LogP contribution in [0.3, 0.4) is 0 Å². The maximum absolute atomic E-state index is 14.7. The van der Waals surface area contributed by atoms with Crippen LogP contribution in [0.25, 0.3) is 5.70 Å². The zero-order valence-electron chi connectivity index (χ0n) is 16.7. The summed E-state index contributed by atoms with van der Waals surface area (Å²) in [5, 5.41) is 20.1. The number of hydrogen-bond acceptors (Lipinski definition) is 5.